The standard InChI is InChI=1S/C22H26FN3O4S/c23-18-5-3-17(4-6-18)15-22(27)24-20-16-19(7-8-21(20)25-9-1-2-10-25)31(28,29)26-11-13-30-14-12-26/h3-8,16H,1-2,9-15H2,(H,24,27). The molecule has 0 aromatic heterocycles. The lowest BCUT2D eigenvalue weighted by molar-refractivity contribution is -0.115. The Morgan fingerprint density at radius 2 is 1.68 bits per heavy atom. The maximum absolute atomic E-state index is 13.1. The molecule has 0 aliphatic carbocycles. The third-order valence-electron chi connectivity index (χ3n) is 5.57. The van der Waals surface area contributed by atoms with E-state index in [9.17, 15) is 17.6 Å². The van der Waals surface area contributed by atoms with Crippen molar-refractivity contribution in [3.63, 3.8) is 0 Å². The van der Waals surface area contributed by atoms with Crippen LogP contribution in [0, 0.1) is 5.82 Å². The number of carbonyl (C=O) groups excluding carboxylic acids is 1. The van der Waals surface area contributed by atoms with Gasteiger partial charge in [0.15, 0.2) is 0 Å². The van der Waals surface area contributed by atoms with Gasteiger partial charge in [0.1, 0.15) is 5.82 Å². The summed E-state index contributed by atoms with van der Waals surface area (Å²) >= 11 is 0. The summed E-state index contributed by atoms with van der Waals surface area (Å²) in [6.07, 6.45) is 2.17. The Morgan fingerprint density at radius 1 is 1.00 bits per heavy atom. The molecule has 1 amide bonds. The Balaban J connectivity index is 1.60. The van der Waals surface area contributed by atoms with E-state index in [2.05, 4.69) is 10.2 Å². The van der Waals surface area contributed by atoms with Crippen molar-refractivity contribution in [1.82, 2.24) is 4.31 Å². The molecule has 31 heavy (non-hydrogen) atoms. The van der Waals surface area contributed by atoms with Gasteiger partial charge in [0.25, 0.3) is 0 Å². The largest absolute Gasteiger partial charge is 0.379 e. The summed E-state index contributed by atoms with van der Waals surface area (Å²) in [5.74, 6) is -0.644. The Kier molecular flexibility index (Phi) is 6.54. The van der Waals surface area contributed by atoms with Crippen LogP contribution < -0.4 is 10.2 Å². The highest BCUT2D eigenvalue weighted by molar-refractivity contribution is 7.89. The van der Waals surface area contributed by atoms with Crippen LogP contribution in [0.4, 0.5) is 15.8 Å². The van der Waals surface area contributed by atoms with E-state index in [1.807, 2.05) is 0 Å². The summed E-state index contributed by atoms with van der Waals surface area (Å²) in [4.78, 5) is 15.0. The first-order chi connectivity index (χ1) is 14.9. The summed E-state index contributed by atoms with van der Waals surface area (Å²) in [6.45, 7) is 3.07. The first kappa shape index (κ1) is 21.7. The average Bonchev–Trinajstić information content (AvgIpc) is 3.30. The van der Waals surface area contributed by atoms with Crippen LogP contribution in [0.2, 0.25) is 0 Å². The quantitative estimate of drug-likeness (QED) is 0.737. The van der Waals surface area contributed by atoms with Crippen LogP contribution in [-0.2, 0) is 26.0 Å². The number of hydrogen-bond acceptors (Lipinski definition) is 5. The molecule has 7 nitrogen and oxygen atoms in total. The molecule has 2 aliphatic rings. The Morgan fingerprint density at radius 3 is 2.35 bits per heavy atom. The number of nitrogens with one attached hydrogen (secondary N) is 1. The summed E-state index contributed by atoms with van der Waals surface area (Å²) in [5, 5.41) is 2.88. The maximum atomic E-state index is 13.1. The van der Waals surface area contributed by atoms with Crippen molar-refractivity contribution in [3.05, 3.63) is 53.8 Å². The van der Waals surface area contributed by atoms with Crippen molar-refractivity contribution in [2.45, 2.75) is 24.2 Å². The summed E-state index contributed by atoms with van der Waals surface area (Å²) in [5.41, 5.74) is 1.97. The molecule has 166 valence electrons. The first-order valence-electron chi connectivity index (χ1n) is 10.4. The van der Waals surface area contributed by atoms with Crippen molar-refractivity contribution in [1.29, 1.82) is 0 Å². The highest BCUT2D eigenvalue weighted by Gasteiger charge is 2.28. The van der Waals surface area contributed by atoms with Crippen molar-refractivity contribution < 1.29 is 22.3 Å². The minimum Gasteiger partial charge on any atom is -0.379 e. The molecule has 2 fully saturated rings. The molecule has 2 saturated heterocycles. The molecular weight excluding hydrogens is 421 g/mol. The monoisotopic (exact) mass is 447 g/mol. The lowest BCUT2D eigenvalue weighted by Gasteiger charge is -2.27. The van der Waals surface area contributed by atoms with E-state index in [4.69, 9.17) is 4.74 Å². The van der Waals surface area contributed by atoms with Crippen LogP contribution >= 0.6 is 0 Å². The predicted octanol–water partition coefficient (Wildman–Crippen LogP) is 2.63. The highest BCUT2D eigenvalue weighted by Crippen LogP contribution is 2.32. The molecule has 0 bridgehead atoms. The van der Waals surface area contributed by atoms with Gasteiger partial charge in [0.2, 0.25) is 15.9 Å². The maximum Gasteiger partial charge on any atom is 0.243 e. The number of benzene rings is 2. The average molecular weight is 448 g/mol. The van der Waals surface area contributed by atoms with Gasteiger partial charge in [-0.25, -0.2) is 12.8 Å². The van der Waals surface area contributed by atoms with E-state index in [0.29, 0.717) is 37.6 Å². The van der Waals surface area contributed by atoms with Crippen molar-refractivity contribution in [2.75, 3.05) is 49.6 Å². The van der Waals surface area contributed by atoms with Gasteiger partial charge in [0.05, 0.1) is 35.9 Å². The Bertz CT molecular complexity index is 1030. The molecule has 0 radical (unpaired) electrons. The second kappa shape index (κ2) is 9.33. The Labute approximate surface area is 181 Å². The predicted molar refractivity (Wildman–Crippen MR) is 116 cm³/mol. The van der Waals surface area contributed by atoms with Gasteiger partial charge in [-0.15, -0.1) is 0 Å². The van der Waals surface area contributed by atoms with E-state index >= 15 is 0 Å². The number of hydrogen-bond donors (Lipinski definition) is 1. The fourth-order valence-electron chi connectivity index (χ4n) is 3.93. The van der Waals surface area contributed by atoms with Crippen LogP contribution in [0.15, 0.2) is 47.4 Å². The first-order valence-corrected chi connectivity index (χ1v) is 11.9. The fraction of sp³-hybridized carbons (Fsp3) is 0.409. The van der Waals surface area contributed by atoms with Crippen LogP contribution in [0.3, 0.4) is 0 Å². The van der Waals surface area contributed by atoms with E-state index in [1.165, 1.54) is 16.4 Å². The highest BCUT2D eigenvalue weighted by atomic mass is 32.2. The Hall–Kier alpha value is -2.49. The van der Waals surface area contributed by atoms with Crippen LogP contribution in [0.25, 0.3) is 0 Å². The third-order valence-corrected chi connectivity index (χ3v) is 7.47. The number of rotatable bonds is 6. The van der Waals surface area contributed by atoms with Gasteiger partial charge >= 0.3 is 0 Å². The van der Waals surface area contributed by atoms with Gasteiger partial charge in [-0.2, -0.15) is 4.31 Å². The van der Waals surface area contributed by atoms with Gasteiger partial charge in [-0.1, -0.05) is 12.1 Å². The molecule has 2 heterocycles. The lowest BCUT2D eigenvalue weighted by Crippen LogP contribution is -2.40. The second-order valence-electron chi connectivity index (χ2n) is 7.74. The molecule has 4 rings (SSSR count). The number of amides is 1. The molecule has 0 unspecified atom stereocenters. The second-order valence-corrected chi connectivity index (χ2v) is 9.68. The van der Waals surface area contributed by atoms with Gasteiger partial charge in [0, 0.05) is 26.2 Å². The van der Waals surface area contributed by atoms with E-state index in [1.54, 1.807) is 30.3 Å². The number of nitrogens with zero attached hydrogens (tertiary/aromatic N) is 2. The lowest BCUT2D eigenvalue weighted by atomic mass is 10.1. The van der Waals surface area contributed by atoms with Gasteiger partial charge in [-0.05, 0) is 48.7 Å². The number of anilines is 2. The third kappa shape index (κ3) is 5.06. The molecule has 2 aliphatic heterocycles. The van der Waals surface area contributed by atoms with Gasteiger partial charge < -0.3 is 15.0 Å². The molecule has 1 N–H and O–H groups in total. The zero-order valence-electron chi connectivity index (χ0n) is 17.2. The summed E-state index contributed by atoms with van der Waals surface area (Å²) in [6, 6.07) is 10.7. The van der Waals surface area contributed by atoms with Crippen molar-refractivity contribution in [3.8, 4) is 0 Å². The number of sulfonamides is 1. The fourth-order valence-corrected chi connectivity index (χ4v) is 5.36. The van der Waals surface area contributed by atoms with Gasteiger partial charge in [-0.3, -0.25) is 4.79 Å². The summed E-state index contributed by atoms with van der Waals surface area (Å²) < 4.78 is 46.0. The minimum atomic E-state index is -3.68. The topological polar surface area (TPSA) is 79.0 Å². The number of morpholine rings is 1. The summed E-state index contributed by atoms with van der Waals surface area (Å²) in [7, 11) is -3.68. The van der Waals surface area contributed by atoms with E-state index < -0.39 is 10.0 Å². The minimum absolute atomic E-state index is 0.0696. The van der Waals surface area contributed by atoms with Crippen LogP contribution in [0.1, 0.15) is 18.4 Å². The van der Waals surface area contributed by atoms with Crippen molar-refractivity contribution in [2.24, 2.45) is 0 Å². The number of carbonyl (C=O) groups is 1. The number of ether oxygens (including phenoxy) is 1. The molecule has 2 aromatic rings. The normalized spacial score (nSPS) is 17.6. The molecule has 0 spiro atoms. The smallest absolute Gasteiger partial charge is 0.243 e. The van der Waals surface area contributed by atoms with Crippen molar-refractivity contribution >= 4 is 27.3 Å². The molecule has 2 aromatic carbocycles. The SMILES string of the molecule is O=C(Cc1ccc(F)cc1)Nc1cc(S(=O)(=O)N2CCOCC2)ccc1N1CCCC1. The zero-order valence-corrected chi connectivity index (χ0v) is 18.0. The molecule has 9 heteroatoms. The molecular formula is C22H26FN3O4S. The molecule has 0 atom stereocenters. The zero-order chi connectivity index (χ0) is 21.8. The van der Waals surface area contributed by atoms with E-state index in [0.717, 1.165) is 31.6 Å². The van der Waals surface area contributed by atoms with Crippen LogP contribution in [-0.4, -0.2) is 58.0 Å². The molecule has 0 saturated carbocycles. The van der Waals surface area contributed by atoms with E-state index in [-0.39, 0.29) is 23.0 Å². The number of halogens is 1. The van der Waals surface area contributed by atoms with Crippen LogP contribution in [0.5, 0.6) is 0 Å².